The minimum atomic E-state index is -4.55. The molecule has 1 aliphatic carbocycles. The Morgan fingerprint density at radius 3 is 2.62 bits per heavy atom. The molecule has 5 rings (SSSR count). The third-order valence-electron chi connectivity index (χ3n) is 5.38. The van der Waals surface area contributed by atoms with Crippen LogP contribution in [0.1, 0.15) is 29.5 Å². The molecule has 1 aromatic carbocycles. The van der Waals surface area contributed by atoms with Crippen molar-refractivity contribution in [3.8, 4) is 23.1 Å². The summed E-state index contributed by atoms with van der Waals surface area (Å²) in [6.45, 7) is 1.84. The average Bonchev–Trinajstić information content (AvgIpc) is 3.16. The summed E-state index contributed by atoms with van der Waals surface area (Å²) in [5.41, 5.74) is 5.16. The number of aryl methyl sites for hydroxylation is 1. The Morgan fingerprint density at radius 2 is 2.07 bits per heavy atom. The van der Waals surface area contributed by atoms with Gasteiger partial charge in [-0.3, -0.25) is 4.99 Å². The van der Waals surface area contributed by atoms with E-state index in [0.29, 0.717) is 31.1 Å². The molecular weight excluding hydrogens is 385 g/mol. The second-order valence-electron chi connectivity index (χ2n) is 7.59. The fourth-order valence-corrected chi connectivity index (χ4v) is 3.93. The van der Waals surface area contributed by atoms with Crippen LogP contribution in [0.2, 0.25) is 0 Å². The van der Waals surface area contributed by atoms with Crippen molar-refractivity contribution in [2.24, 2.45) is 4.99 Å². The van der Waals surface area contributed by atoms with Gasteiger partial charge in [-0.25, -0.2) is 4.98 Å². The number of aromatic hydroxyl groups is 1. The van der Waals surface area contributed by atoms with E-state index in [1.165, 1.54) is 6.92 Å². The molecule has 0 radical (unpaired) electrons. The van der Waals surface area contributed by atoms with Gasteiger partial charge in [0.05, 0.1) is 29.5 Å². The molecule has 1 saturated carbocycles. The van der Waals surface area contributed by atoms with E-state index in [9.17, 15) is 18.3 Å². The smallest absolute Gasteiger partial charge is 0.416 e. The molecule has 0 atom stereocenters. The number of anilines is 1. The van der Waals surface area contributed by atoms with Crippen molar-refractivity contribution in [2.75, 3.05) is 12.3 Å². The summed E-state index contributed by atoms with van der Waals surface area (Å²) >= 11 is 0. The Hall–Kier alpha value is -3.12. The van der Waals surface area contributed by atoms with E-state index < -0.39 is 28.6 Å². The van der Waals surface area contributed by atoms with Gasteiger partial charge in [0, 0.05) is 30.2 Å². The largest absolute Gasteiger partial charge is 0.507 e. The highest BCUT2D eigenvalue weighted by molar-refractivity contribution is 5.87. The Labute approximate surface area is 164 Å². The molecule has 3 heterocycles. The van der Waals surface area contributed by atoms with E-state index >= 15 is 0 Å². The predicted molar refractivity (Wildman–Crippen MR) is 99.3 cm³/mol. The average molecular weight is 402 g/mol. The zero-order valence-electron chi connectivity index (χ0n) is 15.4. The summed E-state index contributed by atoms with van der Waals surface area (Å²) in [5.74, 6) is -0.388. The number of phenols is 1. The topological polar surface area (TPSA) is 105 Å². The van der Waals surface area contributed by atoms with Gasteiger partial charge in [-0.15, -0.1) is 0 Å². The zero-order chi connectivity index (χ0) is 21.0. The molecule has 2 aliphatic heterocycles. The maximum absolute atomic E-state index is 12.9. The number of nitrogens with two attached hydrogens (primary N) is 1. The highest BCUT2D eigenvalue weighted by Gasteiger charge is 2.63. The monoisotopic (exact) mass is 402 g/mol. The predicted octanol–water partition coefficient (Wildman–Crippen LogP) is 3.61. The van der Waals surface area contributed by atoms with Crippen LogP contribution in [0.15, 0.2) is 29.3 Å². The molecule has 0 amide bonds. The number of fused-ring (bicyclic) bond motifs is 1. The van der Waals surface area contributed by atoms with E-state index in [0.717, 1.165) is 6.07 Å². The standard InChI is InChI=1S/C20H17F3N4O2/c1-11-4-13(20(21,22)23)5-15(28)16(11)14-3-2-12(17(25)27-14)6-26-18-7-19(8-18,9-24)29-10-18/h2-6,28H,7-8,10H2,1H3,(H2,25,27). The number of ether oxygens (including phenoxy) is 1. The molecule has 2 bridgehead atoms. The van der Waals surface area contributed by atoms with E-state index in [1.54, 1.807) is 18.3 Å². The molecule has 0 unspecified atom stereocenters. The third-order valence-corrected chi connectivity index (χ3v) is 5.38. The minimum Gasteiger partial charge on any atom is -0.507 e. The van der Waals surface area contributed by atoms with Crippen LogP contribution in [-0.4, -0.2) is 34.1 Å². The van der Waals surface area contributed by atoms with Crippen LogP contribution in [0.25, 0.3) is 11.3 Å². The van der Waals surface area contributed by atoms with Crippen molar-refractivity contribution >= 4 is 12.0 Å². The fraction of sp³-hybridized carbons (Fsp3) is 0.350. The first-order valence-electron chi connectivity index (χ1n) is 8.85. The maximum atomic E-state index is 12.9. The van der Waals surface area contributed by atoms with Crippen molar-refractivity contribution in [3.63, 3.8) is 0 Å². The summed E-state index contributed by atoms with van der Waals surface area (Å²) in [7, 11) is 0. The molecule has 9 heteroatoms. The second-order valence-corrected chi connectivity index (χ2v) is 7.59. The lowest BCUT2D eigenvalue weighted by Gasteiger charge is -2.36. The van der Waals surface area contributed by atoms with Gasteiger partial charge in [-0.2, -0.15) is 18.4 Å². The molecule has 2 saturated heterocycles. The van der Waals surface area contributed by atoms with E-state index in [4.69, 9.17) is 15.7 Å². The molecule has 150 valence electrons. The first-order valence-corrected chi connectivity index (χ1v) is 8.85. The number of aliphatic imine (C=N–C) groups is 1. The van der Waals surface area contributed by atoms with Gasteiger partial charge in [-0.05, 0) is 36.8 Å². The lowest BCUT2D eigenvalue weighted by Crippen LogP contribution is -2.46. The number of hydrogen-bond donors (Lipinski definition) is 2. The van der Waals surface area contributed by atoms with E-state index in [2.05, 4.69) is 16.0 Å². The van der Waals surface area contributed by atoms with Crippen LogP contribution >= 0.6 is 0 Å². The SMILES string of the molecule is Cc1cc(C(F)(F)F)cc(O)c1-c1ccc(C=NC23COC(C#N)(C2)C3)c(N)n1. The van der Waals surface area contributed by atoms with E-state index in [1.807, 2.05) is 0 Å². The van der Waals surface area contributed by atoms with Gasteiger partial charge in [0.15, 0.2) is 5.60 Å². The van der Waals surface area contributed by atoms with Gasteiger partial charge >= 0.3 is 6.18 Å². The molecular formula is C20H17F3N4O2. The Morgan fingerprint density at radius 1 is 1.34 bits per heavy atom. The molecule has 3 N–H and O–H groups in total. The van der Waals surface area contributed by atoms with Crippen LogP contribution in [0, 0.1) is 18.3 Å². The number of benzene rings is 1. The fourth-order valence-electron chi connectivity index (χ4n) is 3.93. The van der Waals surface area contributed by atoms with Crippen molar-refractivity contribution in [1.29, 1.82) is 5.26 Å². The highest BCUT2D eigenvalue weighted by atomic mass is 19.4. The summed E-state index contributed by atoms with van der Waals surface area (Å²) in [5, 5.41) is 19.2. The molecule has 2 aromatic rings. The van der Waals surface area contributed by atoms with Crippen LogP contribution in [0.5, 0.6) is 5.75 Å². The van der Waals surface area contributed by atoms with Crippen LogP contribution in [-0.2, 0) is 10.9 Å². The number of halogens is 3. The van der Waals surface area contributed by atoms with Crippen LogP contribution in [0.3, 0.4) is 0 Å². The molecule has 3 aliphatic rings. The zero-order valence-corrected chi connectivity index (χ0v) is 15.4. The highest BCUT2D eigenvalue weighted by Crippen LogP contribution is 2.53. The Kier molecular flexibility index (Phi) is 4.10. The van der Waals surface area contributed by atoms with Gasteiger partial charge in [-0.1, -0.05) is 0 Å². The molecule has 3 fully saturated rings. The number of nitrogens with zero attached hydrogens (tertiary/aromatic N) is 3. The van der Waals surface area contributed by atoms with Crippen molar-refractivity contribution in [3.05, 3.63) is 41.0 Å². The lowest BCUT2D eigenvalue weighted by atomic mass is 9.69. The number of hydrogen-bond acceptors (Lipinski definition) is 6. The van der Waals surface area contributed by atoms with Gasteiger partial charge in [0.1, 0.15) is 11.6 Å². The van der Waals surface area contributed by atoms with Crippen molar-refractivity contribution in [2.45, 2.75) is 37.1 Å². The quantitative estimate of drug-likeness (QED) is 0.764. The number of phenolic OH excluding ortho intramolecular Hbond substituents is 1. The Balaban J connectivity index is 1.60. The van der Waals surface area contributed by atoms with Crippen LogP contribution in [0.4, 0.5) is 19.0 Å². The number of pyridine rings is 1. The number of aromatic nitrogens is 1. The molecule has 0 spiro atoms. The molecule has 1 aromatic heterocycles. The number of nitrogen functional groups attached to an aromatic ring is 1. The Bertz CT molecular complexity index is 1040. The lowest BCUT2D eigenvalue weighted by molar-refractivity contribution is -0.137. The van der Waals surface area contributed by atoms with Gasteiger partial charge in [0.2, 0.25) is 0 Å². The van der Waals surface area contributed by atoms with Gasteiger partial charge < -0.3 is 15.6 Å². The normalized spacial score (nSPS) is 25.8. The van der Waals surface area contributed by atoms with E-state index in [-0.39, 0.29) is 22.6 Å². The van der Waals surface area contributed by atoms with Crippen LogP contribution < -0.4 is 5.73 Å². The van der Waals surface area contributed by atoms with Gasteiger partial charge in [0.25, 0.3) is 0 Å². The molecule has 6 nitrogen and oxygen atoms in total. The summed E-state index contributed by atoms with van der Waals surface area (Å²) < 4.78 is 44.2. The third kappa shape index (κ3) is 3.19. The summed E-state index contributed by atoms with van der Waals surface area (Å²) in [4.78, 5) is 8.75. The van der Waals surface area contributed by atoms with Crippen molar-refractivity contribution < 1.29 is 23.0 Å². The second kappa shape index (κ2) is 6.19. The first kappa shape index (κ1) is 19.2. The molecule has 29 heavy (non-hydrogen) atoms. The number of nitriles is 1. The first-order chi connectivity index (χ1) is 13.6. The number of alkyl halides is 3. The maximum Gasteiger partial charge on any atom is 0.416 e. The number of rotatable bonds is 3. The summed E-state index contributed by atoms with van der Waals surface area (Å²) in [6, 6.07) is 7.00. The minimum absolute atomic E-state index is 0.131. The van der Waals surface area contributed by atoms with Crippen molar-refractivity contribution in [1.82, 2.24) is 4.98 Å². The summed E-state index contributed by atoms with van der Waals surface area (Å²) in [6.07, 6.45) is -1.91.